The van der Waals surface area contributed by atoms with Crippen LogP contribution in [0.2, 0.25) is 0 Å². The molecule has 5 nitrogen and oxygen atoms in total. The monoisotopic (exact) mass is 300 g/mol. The number of oxazole rings is 1. The van der Waals surface area contributed by atoms with Crippen molar-refractivity contribution in [1.29, 1.82) is 0 Å². The molecule has 0 spiro atoms. The first-order chi connectivity index (χ1) is 10.4. The van der Waals surface area contributed by atoms with Crippen molar-refractivity contribution < 1.29 is 4.42 Å². The van der Waals surface area contributed by atoms with Crippen molar-refractivity contribution in [2.75, 3.05) is 0 Å². The molecule has 21 heavy (non-hydrogen) atoms. The van der Waals surface area contributed by atoms with Crippen molar-refractivity contribution in [3.63, 3.8) is 0 Å². The van der Waals surface area contributed by atoms with Crippen molar-refractivity contribution in [2.45, 2.75) is 43.1 Å². The van der Waals surface area contributed by atoms with Gasteiger partial charge < -0.3 is 8.98 Å². The van der Waals surface area contributed by atoms with Gasteiger partial charge in [0.15, 0.2) is 10.7 Å². The van der Waals surface area contributed by atoms with Gasteiger partial charge in [-0.05, 0) is 25.0 Å². The van der Waals surface area contributed by atoms with Gasteiger partial charge in [-0.15, -0.1) is 10.2 Å². The molecule has 0 saturated carbocycles. The van der Waals surface area contributed by atoms with Crippen molar-refractivity contribution in [2.24, 2.45) is 0 Å². The van der Waals surface area contributed by atoms with Gasteiger partial charge in [-0.3, -0.25) is 0 Å². The second-order valence-electron chi connectivity index (χ2n) is 5.23. The molecule has 0 atom stereocenters. The molecule has 0 aliphatic carbocycles. The third kappa shape index (κ3) is 2.55. The molecular formula is C15H16N4OS. The molecule has 1 aliphatic heterocycles. The predicted molar refractivity (Wildman–Crippen MR) is 81.1 cm³/mol. The summed E-state index contributed by atoms with van der Waals surface area (Å²) < 4.78 is 8.00. The van der Waals surface area contributed by atoms with Crippen LogP contribution < -0.4 is 0 Å². The molecule has 3 aromatic rings. The summed E-state index contributed by atoms with van der Waals surface area (Å²) in [4.78, 5) is 4.50. The Hall–Kier alpha value is -1.82. The number of thioether (sulfide) groups is 1. The smallest absolute Gasteiger partial charge is 0.205 e. The van der Waals surface area contributed by atoms with Gasteiger partial charge in [-0.25, -0.2) is 4.98 Å². The van der Waals surface area contributed by atoms with Crippen LogP contribution in [0.4, 0.5) is 0 Å². The Labute approximate surface area is 126 Å². The van der Waals surface area contributed by atoms with E-state index in [9.17, 15) is 0 Å². The summed E-state index contributed by atoms with van der Waals surface area (Å²) >= 11 is 1.65. The maximum absolute atomic E-state index is 5.75. The van der Waals surface area contributed by atoms with Gasteiger partial charge in [-0.1, -0.05) is 30.3 Å². The van der Waals surface area contributed by atoms with Crippen molar-refractivity contribution in [3.8, 4) is 0 Å². The Morgan fingerprint density at radius 2 is 2.10 bits per heavy atom. The fraction of sp³-hybridized carbons (Fsp3) is 0.400. The van der Waals surface area contributed by atoms with E-state index in [2.05, 4.69) is 19.7 Å². The van der Waals surface area contributed by atoms with Crippen LogP contribution in [0.25, 0.3) is 11.1 Å². The average Bonchev–Trinajstić information content (AvgIpc) is 3.01. The number of aryl methyl sites for hydroxylation is 1. The van der Waals surface area contributed by atoms with E-state index in [1.165, 1.54) is 19.3 Å². The Bertz CT molecular complexity index is 731. The van der Waals surface area contributed by atoms with Crippen LogP contribution in [0.5, 0.6) is 0 Å². The summed E-state index contributed by atoms with van der Waals surface area (Å²) in [5.74, 6) is 2.55. The van der Waals surface area contributed by atoms with Gasteiger partial charge in [-0.2, -0.15) is 0 Å². The van der Waals surface area contributed by atoms with Crippen LogP contribution in [-0.4, -0.2) is 19.7 Å². The second-order valence-corrected chi connectivity index (χ2v) is 6.17. The number of benzene rings is 1. The zero-order valence-corrected chi connectivity index (χ0v) is 12.5. The fourth-order valence-corrected chi connectivity index (χ4v) is 3.50. The van der Waals surface area contributed by atoms with E-state index in [1.807, 2.05) is 24.3 Å². The predicted octanol–water partition coefficient (Wildman–Crippen LogP) is 3.44. The number of hydrogen-bond donors (Lipinski definition) is 0. The molecule has 0 N–H and O–H groups in total. The van der Waals surface area contributed by atoms with Gasteiger partial charge in [0, 0.05) is 13.0 Å². The van der Waals surface area contributed by atoms with E-state index in [-0.39, 0.29) is 0 Å². The quantitative estimate of drug-likeness (QED) is 0.694. The van der Waals surface area contributed by atoms with Gasteiger partial charge >= 0.3 is 0 Å². The Morgan fingerprint density at radius 3 is 3.05 bits per heavy atom. The molecule has 0 radical (unpaired) electrons. The van der Waals surface area contributed by atoms with E-state index in [1.54, 1.807) is 11.8 Å². The highest BCUT2D eigenvalue weighted by molar-refractivity contribution is 7.98. The molecule has 1 aromatic carbocycles. The largest absolute Gasteiger partial charge is 0.440 e. The first kappa shape index (κ1) is 12.9. The number of hydrogen-bond acceptors (Lipinski definition) is 5. The van der Waals surface area contributed by atoms with Crippen LogP contribution in [0.1, 0.15) is 31.0 Å². The SMILES string of the molecule is c1ccc2oc(CSc3nnc4n3CCCCC4)nc2c1. The third-order valence-electron chi connectivity index (χ3n) is 3.74. The van der Waals surface area contributed by atoms with Gasteiger partial charge in [0.05, 0.1) is 5.75 Å². The minimum atomic E-state index is 0.687. The van der Waals surface area contributed by atoms with Gasteiger partial charge in [0.1, 0.15) is 11.3 Å². The molecule has 2 aromatic heterocycles. The molecule has 0 amide bonds. The Balaban J connectivity index is 1.53. The molecule has 0 bridgehead atoms. The number of nitrogens with zero attached hydrogens (tertiary/aromatic N) is 4. The van der Waals surface area contributed by atoms with E-state index < -0.39 is 0 Å². The lowest BCUT2D eigenvalue weighted by molar-refractivity contribution is 0.554. The summed E-state index contributed by atoms with van der Waals surface area (Å²) in [6.45, 7) is 1.03. The van der Waals surface area contributed by atoms with Crippen molar-refractivity contribution in [3.05, 3.63) is 36.0 Å². The number of aromatic nitrogens is 4. The summed E-state index contributed by atoms with van der Waals surface area (Å²) in [5.41, 5.74) is 1.75. The maximum Gasteiger partial charge on any atom is 0.205 e. The zero-order valence-electron chi connectivity index (χ0n) is 11.7. The lowest BCUT2D eigenvalue weighted by atomic mass is 10.2. The first-order valence-electron chi connectivity index (χ1n) is 7.29. The minimum Gasteiger partial charge on any atom is -0.440 e. The van der Waals surface area contributed by atoms with Crippen molar-refractivity contribution in [1.82, 2.24) is 19.7 Å². The zero-order chi connectivity index (χ0) is 14.1. The second kappa shape index (κ2) is 5.52. The number of para-hydroxylation sites is 2. The molecule has 6 heteroatoms. The summed E-state index contributed by atoms with van der Waals surface area (Å²) in [5, 5.41) is 9.61. The molecule has 108 valence electrons. The third-order valence-corrected chi connectivity index (χ3v) is 4.69. The van der Waals surface area contributed by atoms with Crippen molar-refractivity contribution >= 4 is 22.9 Å². The Kier molecular flexibility index (Phi) is 3.39. The van der Waals surface area contributed by atoms with Crippen LogP contribution in [-0.2, 0) is 18.7 Å². The number of fused-ring (bicyclic) bond motifs is 2. The lowest BCUT2D eigenvalue weighted by Crippen LogP contribution is -2.02. The highest BCUT2D eigenvalue weighted by Gasteiger charge is 2.16. The van der Waals surface area contributed by atoms with E-state index in [4.69, 9.17) is 4.42 Å². The fourth-order valence-electron chi connectivity index (χ4n) is 2.67. The van der Waals surface area contributed by atoms with Gasteiger partial charge in [0.2, 0.25) is 5.89 Å². The molecule has 3 heterocycles. The normalized spacial score (nSPS) is 15.0. The Morgan fingerprint density at radius 1 is 1.14 bits per heavy atom. The summed E-state index contributed by atoms with van der Waals surface area (Å²) in [6.07, 6.45) is 4.74. The molecule has 0 fully saturated rings. The van der Waals surface area contributed by atoms with Crippen LogP contribution in [0.3, 0.4) is 0 Å². The van der Waals surface area contributed by atoms with E-state index in [0.717, 1.165) is 40.9 Å². The minimum absolute atomic E-state index is 0.687. The topological polar surface area (TPSA) is 56.7 Å². The first-order valence-corrected chi connectivity index (χ1v) is 8.28. The maximum atomic E-state index is 5.75. The number of rotatable bonds is 3. The van der Waals surface area contributed by atoms with Crippen LogP contribution >= 0.6 is 11.8 Å². The van der Waals surface area contributed by atoms with Crippen LogP contribution in [0, 0.1) is 0 Å². The van der Waals surface area contributed by atoms with Crippen LogP contribution in [0.15, 0.2) is 33.8 Å². The standard InChI is InChI=1S/C15H16N4OS/c1-2-8-13-17-18-15(19(13)9-5-1)21-10-14-16-11-6-3-4-7-12(11)20-14/h3-4,6-7H,1-2,5,8-10H2. The molecule has 4 rings (SSSR count). The summed E-state index contributed by atoms with van der Waals surface area (Å²) in [6, 6.07) is 7.85. The van der Waals surface area contributed by atoms with Gasteiger partial charge in [0.25, 0.3) is 0 Å². The molecular weight excluding hydrogens is 284 g/mol. The molecule has 0 saturated heterocycles. The summed E-state index contributed by atoms with van der Waals surface area (Å²) in [7, 11) is 0. The molecule has 1 aliphatic rings. The average molecular weight is 300 g/mol. The highest BCUT2D eigenvalue weighted by atomic mass is 32.2. The lowest BCUT2D eigenvalue weighted by Gasteiger charge is -2.04. The highest BCUT2D eigenvalue weighted by Crippen LogP contribution is 2.26. The van der Waals surface area contributed by atoms with E-state index in [0.29, 0.717) is 5.75 Å². The van der Waals surface area contributed by atoms with E-state index >= 15 is 0 Å². The molecule has 0 unspecified atom stereocenters.